The molecule has 0 spiro atoms. The third-order valence-corrected chi connectivity index (χ3v) is 6.31. The molecule has 0 unspecified atom stereocenters. The first kappa shape index (κ1) is 20.8. The monoisotopic (exact) mass is 417 g/mol. The van der Waals surface area contributed by atoms with Crippen LogP contribution in [-0.4, -0.2) is 33.0 Å². The van der Waals surface area contributed by atoms with Gasteiger partial charge in [-0.05, 0) is 24.6 Å². The van der Waals surface area contributed by atoms with E-state index < -0.39 is 22.8 Å². The summed E-state index contributed by atoms with van der Waals surface area (Å²) in [6.45, 7) is 5.32. The molecular formula is C16H20ClN3O4S2. The second-order valence-electron chi connectivity index (χ2n) is 6.04. The lowest BCUT2D eigenvalue weighted by atomic mass is 9.82. The molecule has 2 rings (SSSR count). The second kappa shape index (κ2) is 8.01. The lowest BCUT2D eigenvalue weighted by molar-refractivity contribution is -0.118. The van der Waals surface area contributed by atoms with Crippen molar-refractivity contribution in [1.29, 1.82) is 0 Å². The fourth-order valence-corrected chi connectivity index (χ4v) is 4.06. The number of anilines is 1. The standard InChI is InChI=1S/C16H20ClN3O4S2/c1-10-14(16(2,3)11-6-5-7-12(17)8-11)25-15(19-10)20-13(21)9-24-26(22,23)18-4/h5-8,18H,9H2,1-4H3,(H,19,20,21). The van der Waals surface area contributed by atoms with Crippen LogP contribution in [0.15, 0.2) is 24.3 Å². The number of nitrogens with zero attached hydrogens (tertiary/aromatic N) is 1. The lowest BCUT2D eigenvalue weighted by Gasteiger charge is -2.24. The number of nitrogens with one attached hydrogen (secondary N) is 2. The van der Waals surface area contributed by atoms with Crippen molar-refractivity contribution in [3.05, 3.63) is 45.4 Å². The molecule has 0 atom stereocenters. The van der Waals surface area contributed by atoms with Crippen LogP contribution in [0.25, 0.3) is 0 Å². The van der Waals surface area contributed by atoms with Gasteiger partial charge in [0, 0.05) is 22.4 Å². The third-order valence-electron chi connectivity index (χ3n) is 3.75. The fraction of sp³-hybridized carbons (Fsp3) is 0.375. The number of hydrogen-bond donors (Lipinski definition) is 2. The number of carbonyl (C=O) groups is 1. The average molecular weight is 418 g/mol. The Morgan fingerprint density at radius 3 is 2.69 bits per heavy atom. The zero-order chi connectivity index (χ0) is 19.5. The number of aromatic nitrogens is 1. The minimum atomic E-state index is -3.91. The zero-order valence-corrected chi connectivity index (χ0v) is 17.2. The molecule has 0 aliphatic carbocycles. The van der Waals surface area contributed by atoms with E-state index in [1.54, 1.807) is 0 Å². The number of halogens is 1. The van der Waals surface area contributed by atoms with Crippen LogP contribution in [0.3, 0.4) is 0 Å². The van der Waals surface area contributed by atoms with Gasteiger partial charge in [-0.3, -0.25) is 10.1 Å². The van der Waals surface area contributed by atoms with Crippen molar-refractivity contribution in [2.45, 2.75) is 26.2 Å². The number of hydrogen-bond acceptors (Lipinski definition) is 6. The normalized spacial score (nSPS) is 12.2. The highest BCUT2D eigenvalue weighted by atomic mass is 35.5. The van der Waals surface area contributed by atoms with Crippen LogP contribution in [0.5, 0.6) is 0 Å². The van der Waals surface area contributed by atoms with Crippen LogP contribution in [0, 0.1) is 6.92 Å². The van der Waals surface area contributed by atoms with Gasteiger partial charge in [0.2, 0.25) is 0 Å². The Labute approximate surface area is 162 Å². The van der Waals surface area contributed by atoms with Crippen molar-refractivity contribution in [3.8, 4) is 0 Å². The Morgan fingerprint density at radius 2 is 2.08 bits per heavy atom. The van der Waals surface area contributed by atoms with Gasteiger partial charge in [-0.25, -0.2) is 9.17 Å². The maximum atomic E-state index is 11.9. The van der Waals surface area contributed by atoms with Gasteiger partial charge in [-0.1, -0.05) is 37.6 Å². The molecule has 142 valence electrons. The lowest BCUT2D eigenvalue weighted by Crippen LogP contribution is -2.27. The van der Waals surface area contributed by atoms with E-state index in [1.165, 1.54) is 18.4 Å². The molecule has 0 aliphatic heterocycles. The van der Waals surface area contributed by atoms with Crippen molar-refractivity contribution in [2.24, 2.45) is 0 Å². The molecule has 1 aromatic carbocycles. The predicted molar refractivity (Wildman–Crippen MR) is 103 cm³/mol. The first-order chi connectivity index (χ1) is 12.0. The van der Waals surface area contributed by atoms with Crippen LogP contribution >= 0.6 is 22.9 Å². The van der Waals surface area contributed by atoms with Crippen LogP contribution in [0.2, 0.25) is 5.02 Å². The first-order valence-corrected chi connectivity index (χ1v) is 10.3. The van der Waals surface area contributed by atoms with Gasteiger partial charge in [-0.15, -0.1) is 11.3 Å². The minimum absolute atomic E-state index is 0.360. The highest BCUT2D eigenvalue weighted by molar-refractivity contribution is 7.84. The summed E-state index contributed by atoms with van der Waals surface area (Å²) in [4.78, 5) is 17.2. The molecule has 0 saturated carbocycles. The van der Waals surface area contributed by atoms with E-state index in [0.29, 0.717) is 10.2 Å². The number of thiazole rings is 1. The fourth-order valence-electron chi connectivity index (χ4n) is 2.38. The molecular weight excluding hydrogens is 398 g/mol. The summed E-state index contributed by atoms with van der Waals surface area (Å²) in [5.74, 6) is -0.607. The van der Waals surface area contributed by atoms with E-state index in [9.17, 15) is 13.2 Å². The molecule has 1 amide bonds. The molecule has 2 aromatic rings. The summed E-state index contributed by atoms with van der Waals surface area (Å²) in [6.07, 6.45) is 0. The van der Waals surface area contributed by atoms with E-state index >= 15 is 0 Å². The van der Waals surface area contributed by atoms with Crippen LogP contribution in [-0.2, 0) is 24.7 Å². The van der Waals surface area contributed by atoms with Crippen molar-refractivity contribution in [1.82, 2.24) is 9.71 Å². The molecule has 1 heterocycles. The topological polar surface area (TPSA) is 97.4 Å². The SMILES string of the molecule is CNS(=O)(=O)OCC(=O)Nc1nc(C)c(C(C)(C)c2cccc(Cl)c2)s1. The van der Waals surface area contributed by atoms with Gasteiger partial charge in [0.15, 0.2) is 5.13 Å². The molecule has 7 nitrogen and oxygen atoms in total. The Morgan fingerprint density at radius 1 is 1.38 bits per heavy atom. The Balaban J connectivity index is 2.17. The maximum absolute atomic E-state index is 11.9. The van der Waals surface area contributed by atoms with Gasteiger partial charge >= 0.3 is 10.3 Å². The van der Waals surface area contributed by atoms with E-state index in [2.05, 4.69) is 14.5 Å². The van der Waals surface area contributed by atoms with Crippen LogP contribution in [0.1, 0.15) is 30.0 Å². The van der Waals surface area contributed by atoms with Crippen molar-refractivity contribution in [2.75, 3.05) is 19.0 Å². The largest absolute Gasteiger partial charge is 0.336 e. The molecule has 0 fully saturated rings. The van der Waals surface area contributed by atoms with Crippen molar-refractivity contribution in [3.63, 3.8) is 0 Å². The van der Waals surface area contributed by atoms with Gasteiger partial charge in [0.25, 0.3) is 5.91 Å². The smallest absolute Gasteiger partial charge is 0.300 e. The summed E-state index contributed by atoms with van der Waals surface area (Å²) in [7, 11) is -2.72. The van der Waals surface area contributed by atoms with E-state index in [0.717, 1.165) is 16.1 Å². The highest BCUT2D eigenvalue weighted by Gasteiger charge is 2.29. The summed E-state index contributed by atoms with van der Waals surface area (Å²) >= 11 is 7.43. The molecule has 0 bridgehead atoms. The van der Waals surface area contributed by atoms with E-state index in [1.807, 2.05) is 49.8 Å². The van der Waals surface area contributed by atoms with Gasteiger partial charge in [0.1, 0.15) is 6.61 Å². The quantitative estimate of drug-likeness (QED) is 0.721. The molecule has 0 radical (unpaired) electrons. The number of benzene rings is 1. The second-order valence-corrected chi connectivity index (χ2v) is 9.03. The van der Waals surface area contributed by atoms with Crippen LogP contribution < -0.4 is 10.0 Å². The van der Waals surface area contributed by atoms with Gasteiger partial charge in [-0.2, -0.15) is 13.1 Å². The molecule has 26 heavy (non-hydrogen) atoms. The average Bonchev–Trinajstić information content (AvgIpc) is 2.94. The molecule has 0 saturated heterocycles. The van der Waals surface area contributed by atoms with E-state index in [4.69, 9.17) is 11.6 Å². The summed E-state index contributed by atoms with van der Waals surface area (Å²) in [5.41, 5.74) is 1.44. The number of amides is 1. The zero-order valence-electron chi connectivity index (χ0n) is 14.8. The maximum Gasteiger partial charge on any atom is 0.336 e. The summed E-state index contributed by atoms with van der Waals surface area (Å²) in [5, 5.41) is 3.59. The number of rotatable bonds is 7. The van der Waals surface area contributed by atoms with Crippen LogP contribution in [0.4, 0.5) is 5.13 Å². The van der Waals surface area contributed by atoms with E-state index in [-0.39, 0.29) is 5.41 Å². The molecule has 10 heteroatoms. The summed E-state index contributed by atoms with van der Waals surface area (Å²) in [6, 6.07) is 7.58. The molecule has 1 aromatic heterocycles. The molecule has 0 aliphatic rings. The third kappa shape index (κ3) is 5.01. The Hall–Kier alpha value is -1.52. The Bertz CT molecular complexity index is 910. The minimum Gasteiger partial charge on any atom is -0.300 e. The Kier molecular flexibility index (Phi) is 6.41. The molecule has 2 N–H and O–H groups in total. The summed E-state index contributed by atoms with van der Waals surface area (Å²) < 4.78 is 28.9. The van der Waals surface area contributed by atoms with Crippen molar-refractivity contribution < 1.29 is 17.4 Å². The van der Waals surface area contributed by atoms with Gasteiger partial charge < -0.3 is 0 Å². The van der Waals surface area contributed by atoms with Crippen molar-refractivity contribution >= 4 is 44.3 Å². The highest BCUT2D eigenvalue weighted by Crippen LogP contribution is 2.39. The predicted octanol–water partition coefficient (Wildman–Crippen LogP) is 2.85. The number of aryl methyl sites for hydroxylation is 1. The van der Waals surface area contributed by atoms with Gasteiger partial charge in [0.05, 0.1) is 5.69 Å². The number of carbonyl (C=O) groups excluding carboxylic acids is 1. The first-order valence-electron chi connectivity index (χ1n) is 7.67.